The summed E-state index contributed by atoms with van der Waals surface area (Å²) in [6, 6.07) is 18.3. The van der Waals surface area contributed by atoms with Crippen LogP contribution in [0.15, 0.2) is 79.9 Å². The van der Waals surface area contributed by atoms with E-state index < -0.39 is 5.60 Å². The van der Waals surface area contributed by atoms with Crippen LogP contribution in [0.4, 0.5) is 0 Å². The van der Waals surface area contributed by atoms with E-state index in [0.29, 0.717) is 6.42 Å². The quantitative estimate of drug-likeness (QED) is 0.675. The van der Waals surface area contributed by atoms with E-state index in [1.807, 2.05) is 48.5 Å². The minimum absolute atomic E-state index is 0.0896. The van der Waals surface area contributed by atoms with E-state index in [0.717, 1.165) is 11.1 Å². The summed E-state index contributed by atoms with van der Waals surface area (Å²) in [5.41, 5.74) is 2.23. The van der Waals surface area contributed by atoms with Gasteiger partial charge in [0.05, 0.1) is 0 Å². The second-order valence-electron chi connectivity index (χ2n) is 7.37. The first-order valence-corrected chi connectivity index (χ1v) is 8.44. The van der Waals surface area contributed by atoms with Crippen molar-refractivity contribution in [1.82, 2.24) is 0 Å². The predicted octanol–water partition coefficient (Wildman–Crippen LogP) is 5.72. The highest BCUT2D eigenvalue weighted by molar-refractivity contribution is 5.37. The zero-order valence-electron chi connectivity index (χ0n) is 15.0. The molecule has 0 saturated heterocycles. The summed E-state index contributed by atoms with van der Waals surface area (Å²) >= 11 is 0. The Morgan fingerprint density at radius 3 is 1.92 bits per heavy atom. The first-order valence-electron chi connectivity index (χ1n) is 8.44. The monoisotopic (exact) mass is 320 g/mol. The van der Waals surface area contributed by atoms with Crippen molar-refractivity contribution in [3.8, 4) is 0 Å². The van der Waals surface area contributed by atoms with Crippen molar-refractivity contribution >= 4 is 0 Å². The van der Waals surface area contributed by atoms with Crippen LogP contribution >= 0.6 is 0 Å². The lowest BCUT2D eigenvalue weighted by Crippen LogP contribution is -2.32. The summed E-state index contributed by atoms with van der Waals surface area (Å²) in [6.07, 6.45) is 4.07. The third kappa shape index (κ3) is 3.68. The topological polar surface area (TPSA) is 20.2 Å². The SMILES string of the molecule is C=CC[C@@](O)(c1ccc(C(C)(C)C)cc1)[C@@H](C=C)c1ccccc1. The maximum absolute atomic E-state index is 11.5. The fraction of sp³-hybridized carbons (Fsp3) is 0.304. The molecule has 24 heavy (non-hydrogen) atoms. The Hall–Kier alpha value is -2.12. The number of aliphatic hydroxyl groups is 1. The largest absolute Gasteiger partial charge is 0.384 e. The molecule has 0 aliphatic rings. The van der Waals surface area contributed by atoms with Gasteiger partial charge < -0.3 is 5.11 Å². The molecular weight excluding hydrogens is 292 g/mol. The first-order chi connectivity index (χ1) is 11.3. The van der Waals surface area contributed by atoms with Crippen LogP contribution in [0, 0.1) is 0 Å². The number of benzene rings is 2. The van der Waals surface area contributed by atoms with Crippen molar-refractivity contribution in [2.45, 2.75) is 44.1 Å². The summed E-state index contributed by atoms with van der Waals surface area (Å²) in [7, 11) is 0. The second kappa shape index (κ2) is 7.19. The van der Waals surface area contributed by atoms with E-state index in [4.69, 9.17) is 0 Å². The lowest BCUT2D eigenvalue weighted by Gasteiger charge is -2.35. The normalized spacial score (nSPS) is 15.3. The van der Waals surface area contributed by atoms with Gasteiger partial charge in [-0.3, -0.25) is 0 Å². The van der Waals surface area contributed by atoms with Gasteiger partial charge in [0.25, 0.3) is 0 Å². The van der Waals surface area contributed by atoms with Gasteiger partial charge in [0, 0.05) is 5.92 Å². The van der Waals surface area contributed by atoms with Crippen molar-refractivity contribution in [3.63, 3.8) is 0 Å². The Morgan fingerprint density at radius 2 is 1.46 bits per heavy atom. The highest BCUT2D eigenvalue weighted by Crippen LogP contribution is 2.41. The molecule has 0 spiro atoms. The smallest absolute Gasteiger partial charge is 0.103 e. The van der Waals surface area contributed by atoms with Gasteiger partial charge >= 0.3 is 0 Å². The molecule has 2 aromatic carbocycles. The molecule has 2 aromatic rings. The van der Waals surface area contributed by atoms with Crippen molar-refractivity contribution in [2.75, 3.05) is 0 Å². The molecule has 1 heteroatoms. The van der Waals surface area contributed by atoms with Crippen LogP contribution < -0.4 is 0 Å². The molecule has 2 rings (SSSR count). The highest BCUT2D eigenvalue weighted by atomic mass is 16.3. The number of rotatable bonds is 6. The zero-order valence-corrected chi connectivity index (χ0v) is 15.0. The van der Waals surface area contributed by atoms with Crippen molar-refractivity contribution < 1.29 is 5.11 Å². The van der Waals surface area contributed by atoms with Gasteiger partial charge in [-0.1, -0.05) is 87.5 Å². The molecule has 1 nitrogen and oxygen atoms in total. The van der Waals surface area contributed by atoms with Crippen LogP contribution in [-0.4, -0.2) is 5.11 Å². The minimum atomic E-state index is -1.05. The third-order valence-electron chi connectivity index (χ3n) is 4.62. The van der Waals surface area contributed by atoms with Crippen molar-refractivity contribution in [3.05, 3.63) is 96.6 Å². The van der Waals surface area contributed by atoms with Gasteiger partial charge in [-0.2, -0.15) is 0 Å². The fourth-order valence-corrected chi connectivity index (χ4v) is 3.17. The van der Waals surface area contributed by atoms with Crippen molar-refractivity contribution in [1.29, 1.82) is 0 Å². The van der Waals surface area contributed by atoms with Gasteiger partial charge in [0.15, 0.2) is 0 Å². The number of hydrogen-bond acceptors (Lipinski definition) is 1. The maximum atomic E-state index is 11.5. The molecule has 0 aromatic heterocycles. The van der Waals surface area contributed by atoms with Gasteiger partial charge in [0.1, 0.15) is 5.60 Å². The molecule has 0 bridgehead atoms. The van der Waals surface area contributed by atoms with Crippen LogP contribution in [0.1, 0.15) is 49.8 Å². The van der Waals surface area contributed by atoms with Gasteiger partial charge in [0.2, 0.25) is 0 Å². The molecule has 0 aliphatic heterocycles. The maximum Gasteiger partial charge on any atom is 0.103 e. The molecule has 0 saturated carbocycles. The van der Waals surface area contributed by atoms with E-state index in [-0.39, 0.29) is 11.3 Å². The Labute approximate surface area is 146 Å². The average Bonchev–Trinajstić information content (AvgIpc) is 2.56. The van der Waals surface area contributed by atoms with E-state index >= 15 is 0 Å². The van der Waals surface area contributed by atoms with E-state index in [1.165, 1.54) is 5.56 Å². The fourth-order valence-electron chi connectivity index (χ4n) is 3.17. The third-order valence-corrected chi connectivity index (χ3v) is 4.62. The number of hydrogen-bond donors (Lipinski definition) is 1. The minimum Gasteiger partial charge on any atom is -0.384 e. The molecule has 1 N–H and O–H groups in total. The Balaban J connectivity index is 2.49. The molecule has 0 radical (unpaired) electrons. The Morgan fingerprint density at radius 1 is 0.917 bits per heavy atom. The molecule has 0 aliphatic carbocycles. The molecule has 0 unspecified atom stereocenters. The summed E-state index contributed by atoms with van der Waals surface area (Å²) < 4.78 is 0. The predicted molar refractivity (Wildman–Crippen MR) is 103 cm³/mol. The van der Waals surface area contributed by atoms with Crippen LogP contribution in [0.2, 0.25) is 0 Å². The molecule has 2 atom stereocenters. The van der Waals surface area contributed by atoms with E-state index in [2.05, 4.69) is 46.1 Å². The van der Waals surface area contributed by atoms with Gasteiger partial charge in [-0.25, -0.2) is 0 Å². The second-order valence-corrected chi connectivity index (χ2v) is 7.37. The summed E-state index contributed by atoms with van der Waals surface area (Å²) in [5.74, 6) is -0.197. The lowest BCUT2D eigenvalue weighted by atomic mass is 9.74. The molecular formula is C23H28O. The van der Waals surface area contributed by atoms with Gasteiger partial charge in [-0.15, -0.1) is 13.2 Å². The summed E-state index contributed by atoms with van der Waals surface area (Å²) in [6.45, 7) is 14.4. The van der Waals surface area contributed by atoms with Crippen LogP contribution in [0.5, 0.6) is 0 Å². The lowest BCUT2D eigenvalue weighted by molar-refractivity contribution is 0.0245. The molecule has 0 fully saturated rings. The zero-order chi connectivity index (χ0) is 17.8. The molecule has 126 valence electrons. The Kier molecular flexibility index (Phi) is 5.46. The van der Waals surface area contributed by atoms with Crippen molar-refractivity contribution in [2.24, 2.45) is 0 Å². The van der Waals surface area contributed by atoms with Crippen LogP contribution in [0.3, 0.4) is 0 Å². The van der Waals surface area contributed by atoms with E-state index in [1.54, 1.807) is 6.08 Å². The average molecular weight is 320 g/mol. The van der Waals surface area contributed by atoms with Crippen LogP contribution in [-0.2, 0) is 11.0 Å². The summed E-state index contributed by atoms with van der Waals surface area (Å²) in [5, 5.41) is 11.5. The van der Waals surface area contributed by atoms with E-state index in [9.17, 15) is 5.11 Å². The molecule has 0 amide bonds. The molecule has 0 heterocycles. The highest BCUT2D eigenvalue weighted by Gasteiger charge is 2.36. The van der Waals surface area contributed by atoms with Gasteiger partial charge in [-0.05, 0) is 28.5 Å². The standard InChI is InChI=1S/C23H28O/c1-6-17-23(24,21(7-2)18-11-9-8-10-12-18)20-15-13-19(14-16-20)22(3,4)5/h6-16,21,24H,1-2,17H2,3-5H3/t21-,23+/m0/s1. The summed E-state index contributed by atoms with van der Waals surface area (Å²) in [4.78, 5) is 0. The Bertz CT molecular complexity index is 676. The first kappa shape index (κ1) is 18.2. The van der Waals surface area contributed by atoms with Crippen LogP contribution in [0.25, 0.3) is 0 Å².